The van der Waals surface area contributed by atoms with E-state index in [2.05, 4.69) is 10.3 Å². The summed E-state index contributed by atoms with van der Waals surface area (Å²) in [5.41, 5.74) is 7.18. The Morgan fingerprint density at radius 2 is 2.29 bits per heavy atom. The van der Waals surface area contributed by atoms with Crippen molar-refractivity contribution in [2.75, 3.05) is 5.32 Å². The maximum absolute atomic E-state index is 13.6. The van der Waals surface area contributed by atoms with Gasteiger partial charge in [0.2, 0.25) is 0 Å². The highest BCUT2D eigenvalue weighted by molar-refractivity contribution is 7.80. The van der Waals surface area contributed by atoms with Gasteiger partial charge in [0.1, 0.15) is 10.8 Å². The van der Waals surface area contributed by atoms with Crippen LogP contribution in [-0.4, -0.2) is 9.97 Å². The summed E-state index contributed by atoms with van der Waals surface area (Å²) in [6.45, 7) is 1.90. The Balaban J connectivity index is 2.23. The highest BCUT2D eigenvalue weighted by Crippen LogP contribution is 2.22. The fourth-order valence-corrected chi connectivity index (χ4v) is 2.20. The van der Waals surface area contributed by atoms with Crippen LogP contribution in [0.25, 0.3) is 0 Å². The van der Waals surface area contributed by atoms with Gasteiger partial charge < -0.3 is 11.1 Å². The topological polar surface area (TPSA) is 50.9 Å². The molecular formula is C11H10FN3S2. The second-order valence-corrected chi connectivity index (χ2v) is 4.78. The third kappa shape index (κ3) is 2.78. The zero-order valence-electron chi connectivity index (χ0n) is 9.03. The molecule has 0 amide bonds. The van der Waals surface area contributed by atoms with E-state index in [0.717, 1.165) is 10.8 Å². The van der Waals surface area contributed by atoms with E-state index in [-0.39, 0.29) is 10.6 Å². The molecule has 0 aliphatic rings. The van der Waals surface area contributed by atoms with Gasteiger partial charge in [-0.25, -0.2) is 9.37 Å². The normalized spacial score (nSPS) is 10.2. The Hall–Kier alpha value is -1.53. The van der Waals surface area contributed by atoms with Crippen LogP contribution in [0.1, 0.15) is 11.3 Å². The minimum absolute atomic E-state index is 0.0548. The number of hydrogen-bond acceptors (Lipinski definition) is 4. The van der Waals surface area contributed by atoms with Crippen LogP contribution >= 0.6 is 23.6 Å². The Kier molecular flexibility index (Phi) is 3.35. The van der Waals surface area contributed by atoms with Gasteiger partial charge in [0, 0.05) is 16.6 Å². The number of nitrogens with two attached hydrogens (primary N) is 1. The molecule has 2 rings (SSSR count). The summed E-state index contributed by atoms with van der Waals surface area (Å²) < 4.78 is 13.6. The monoisotopic (exact) mass is 267 g/mol. The Morgan fingerprint density at radius 1 is 1.53 bits per heavy atom. The summed E-state index contributed by atoms with van der Waals surface area (Å²) in [6.07, 6.45) is 0. The van der Waals surface area contributed by atoms with Gasteiger partial charge in [-0.05, 0) is 25.1 Å². The molecule has 0 saturated carbocycles. The standard InChI is InChI=1S/C11H10FN3S2/c1-6-5-17-11(14-6)15-7-2-3-8(10(13)16)9(12)4-7/h2-5H,1H3,(H2,13,16)(H,14,15). The molecule has 0 atom stereocenters. The van der Waals surface area contributed by atoms with Gasteiger partial charge in [0.25, 0.3) is 0 Å². The number of nitrogens with one attached hydrogen (secondary N) is 1. The molecule has 3 N–H and O–H groups in total. The third-order valence-electron chi connectivity index (χ3n) is 2.10. The third-order valence-corrected chi connectivity index (χ3v) is 3.20. The first kappa shape index (κ1) is 11.9. The van der Waals surface area contributed by atoms with E-state index in [4.69, 9.17) is 18.0 Å². The first-order chi connectivity index (χ1) is 8.06. The highest BCUT2D eigenvalue weighted by Gasteiger charge is 2.06. The summed E-state index contributed by atoms with van der Waals surface area (Å²) in [5.74, 6) is -0.434. The quantitative estimate of drug-likeness (QED) is 0.839. The molecule has 17 heavy (non-hydrogen) atoms. The van der Waals surface area contributed by atoms with Gasteiger partial charge in [0.15, 0.2) is 5.13 Å². The molecular weight excluding hydrogens is 257 g/mol. The SMILES string of the molecule is Cc1csc(Nc2ccc(C(N)=S)c(F)c2)n1. The van der Waals surface area contributed by atoms with Gasteiger partial charge in [-0.3, -0.25) is 0 Å². The van der Waals surface area contributed by atoms with Gasteiger partial charge in [-0.2, -0.15) is 0 Å². The van der Waals surface area contributed by atoms with Crippen molar-refractivity contribution in [3.8, 4) is 0 Å². The van der Waals surface area contributed by atoms with Crippen LogP contribution in [0.5, 0.6) is 0 Å². The predicted octanol–water partition coefficient (Wildman–Crippen LogP) is 2.97. The molecule has 0 unspecified atom stereocenters. The number of nitrogens with zero attached hydrogens (tertiary/aromatic N) is 1. The van der Waals surface area contributed by atoms with Gasteiger partial charge in [-0.1, -0.05) is 12.2 Å². The zero-order chi connectivity index (χ0) is 12.4. The molecule has 0 radical (unpaired) electrons. The van der Waals surface area contributed by atoms with Gasteiger partial charge in [-0.15, -0.1) is 11.3 Å². The molecule has 0 bridgehead atoms. The molecule has 3 nitrogen and oxygen atoms in total. The van der Waals surface area contributed by atoms with Crippen LogP contribution in [0.2, 0.25) is 0 Å². The fourth-order valence-electron chi connectivity index (χ4n) is 1.33. The van der Waals surface area contributed by atoms with Crippen molar-refractivity contribution in [2.24, 2.45) is 5.73 Å². The Bertz CT molecular complexity index is 566. The van der Waals surface area contributed by atoms with Crippen molar-refractivity contribution in [3.05, 3.63) is 40.7 Å². The van der Waals surface area contributed by atoms with Crippen LogP contribution in [0, 0.1) is 12.7 Å². The maximum Gasteiger partial charge on any atom is 0.187 e. The first-order valence-corrected chi connectivity index (χ1v) is 6.13. The van der Waals surface area contributed by atoms with E-state index in [1.165, 1.54) is 17.4 Å². The molecule has 0 aliphatic heterocycles. The average molecular weight is 267 g/mol. The lowest BCUT2D eigenvalue weighted by Crippen LogP contribution is -2.11. The van der Waals surface area contributed by atoms with Crippen molar-refractivity contribution in [1.82, 2.24) is 4.98 Å². The largest absolute Gasteiger partial charge is 0.389 e. The minimum atomic E-state index is -0.434. The van der Waals surface area contributed by atoms with Gasteiger partial charge >= 0.3 is 0 Å². The minimum Gasteiger partial charge on any atom is -0.389 e. The Labute approximate surface area is 107 Å². The van der Waals surface area contributed by atoms with Crippen molar-refractivity contribution >= 4 is 39.4 Å². The van der Waals surface area contributed by atoms with Crippen LogP contribution in [0.15, 0.2) is 23.6 Å². The molecule has 1 aromatic heterocycles. The number of benzene rings is 1. The molecule has 0 spiro atoms. The van der Waals surface area contributed by atoms with Crippen molar-refractivity contribution in [3.63, 3.8) is 0 Å². The summed E-state index contributed by atoms with van der Waals surface area (Å²) in [6, 6.07) is 4.62. The lowest BCUT2D eigenvalue weighted by Gasteiger charge is -2.05. The Morgan fingerprint density at radius 3 is 2.82 bits per heavy atom. The number of halogens is 1. The first-order valence-electron chi connectivity index (χ1n) is 4.85. The maximum atomic E-state index is 13.6. The van der Waals surface area contributed by atoms with E-state index in [0.29, 0.717) is 5.69 Å². The molecule has 1 aromatic carbocycles. The van der Waals surface area contributed by atoms with E-state index < -0.39 is 5.82 Å². The summed E-state index contributed by atoms with van der Waals surface area (Å²) >= 11 is 6.20. The highest BCUT2D eigenvalue weighted by atomic mass is 32.1. The number of rotatable bonds is 3. The number of aromatic nitrogens is 1. The molecule has 1 heterocycles. The summed E-state index contributed by atoms with van der Waals surface area (Å²) in [7, 11) is 0. The van der Waals surface area contributed by atoms with Crippen LogP contribution in [-0.2, 0) is 0 Å². The van der Waals surface area contributed by atoms with E-state index in [1.807, 2.05) is 12.3 Å². The molecule has 6 heteroatoms. The van der Waals surface area contributed by atoms with Gasteiger partial charge in [0.05, 0.1) is 5.69 Å². The van der Waals surface area contributed by atoms with Crippen LogP contribution in [0.3, 0.4) is 0 Å². The van der Waals surface area contributed by atoms with E-state index in [9.17, 15) is 4.39 Å². The van der Waals surface area contributed by atoms with Crippen LogP contribution in [0.4, 0.5) is 15.2 Å². The van der Waals surface area contributed by atoms with Crippen molar-refractivity contribution in [1.29, 1.82) is 0 Å². The summed E-state index contributed by atoms with van der Waals surface area (Å²) in [5, 5.41) is 5.66. The number of thiazole rings is 1. The second-order valence-electron chi connectivity index (χ2n) is 3.48. The zero-order valence-corrected chi connectivity index (χ0v) is 10.7. The number of aryl methyl sites for hydroxylation is 1. The molecule has 88 valence electrons. The number of hydrogen-bond donors (Lipinski definition) is 2. The number of thiocarbonyl (C=S) groups is 1. The van der Waals surface area contributed by atoms with E-state index >= 15 is 0 Å². The van der Waals surface area contributed by atoms with E-state index in [1.54, 1.807) is 12.1 Å². The lowest BCUT2D eigenvalue weighted by atomic mass is 10.2. The van der Waals surface area contributed by atoms with Crippen LogP contribution < -0.4 is 11.1 Å². The van der Waals surface area contributed by atoms with Crippen molar-refractivity contribution < 1.29 is 4.39 Å². The lowest BCUT2D eigenvalue weighted by molar-refractivity contribution is 0.626. The predicted molar refractivity (Wildman–Crippen MR) is 72.4 cm³/mol. The smallest absolute Gasteiger partial charge is 0.187 e. The average Bonchev–Trinajstić information content (AvgIpc) is 2.63. The summed E-state index contributed by atoms with van der Waals surface area (Å²) in [4.78, 5) is 4.28. The van der Waals surface area contributed by atoms with Crippen molar-refractivity contribution in [2.45, 2.75) is 6.92 Å². The molecule has 0 saturated heterocycles. The molecule has 0 aliphatic carbocycles. The number of anilines is 2. The molecule has 2 aromatic rings. The molecule has 0 fully saturated rings. The fraction of sp³-hybridized carbons (Fsp3) is 0.0909. The second kappa shape index (κ2) is 4.77.